The molecular formula is C12H11ClF2N2O. The van der Waals surface area contributed by atoms with Gasteiger partial charge in [-0.3, -0.25) is 0 Å². The Balaban J connectivity index is 2.37. The summed E-state index contributed by atoms with van der Waals surface area (Å²) in [4.78, 5) is 7.76. The monoisotopic (exact) mass is 272 g/mol. The van der Waals surface area contributed by atoms with Gasteiger partial charge in [-0.25, -0.2) is 9.97 Å². The molecular weight excluding hydrogens is 262 g/mol. The van der Waals surface area contributed by atoms with Gasteiger partial charge in [-0.1, -0.05) is 25.4 Å². The smallest absolute Gasteiger partial charge is 0.400 e. The Morgan fingerprint density at radius 2 is 2.00 bits per heavy atom. The molecule has 0 saturated heterocycles. The van der Waals surface area contributed by atoms with Crippen LogP contribution in [-0.2, 0) is 0 Å². The van der Waals surface area contributed by atoms with Crippen LogP contribution in [0.4, 0.5) is 8.78 Å². The Labute approximate surface area is 108 Å². The number of alkyl halides is 2. The lowest BCUT2D eigenvalue weighted by Crippen LogP contribution is -2.31. The van der Waals surface area contributed by atoms with E-state index in [-0.39, 0.29) is 10.9 Å². The Bertz CT molecular complexity index is 575. The van der Waals surface area contributed by atoms with E-state index in [1.807, 2.05) is 0 Å². The van der Waals surface area contributed by atoms with E-state index in [9.17, 15) is 8.78 Å². The van der Waals surface area contributed by atoms with Gasteiger partial charge in [0.05, 0.1) is 11.4 Å². The molecule has 0 amide bonds. The molecule has 0 aliphatic rings. The van der Waals surface area contributed by atoms with Gasteiger partial charge >= 0.3 is 6.11 Å². The van der Waals surface area contributed by atoms with Gasteiger partial charge in [0.2, 0.25) is 0 Å². The molecule has 18 heavy (non-hydrogen) atoms. The zero-order valence-corrected chi connectivity index (χ0v) is 10.6. The first-order chi connectivity index (χ1) is 8.40. The van der Waals surface area contributed by atoms with Crippen molar-refractivity contribution in [2.24, 2.45) is 5.92 Å². The average molecular weight is 273 g/mol. The first kappa shape index (κ1) is 13.0. The number of fused-ring (bicyclic) bond motifs is 1. The van der Waals surface area contributed by atoms with E-state index < -0.39 is 12.0 Å². The number of hydrogen-bond donors (Lipinski definition) is 0. The molecule has 1 heterocycles. The number of ether oxygens (including phenoxy) is 1. The van der Waals surface area contributed by atoms with E-state index in [2.05, 4.69) is 14.7 Å². The summed E-state index contributed by atoms with van der Waals surface area (Å²) in [6.07, 6.45) is -1.94. The lowest BCUT2D eigenvalue weighted by atomic mass is 10.2. The zero-order valence-electron chi connectivity index (χ0n) is 9.82. The predicted octanol–water partition coefficient (Wildman–Crippen LogP) is 3.91. The highest BCUT2D eigenvalue weighted by molar-refractivity contribution is 6.34. The standard InChI is InChI=1S/C12H11ClF2N2O/c1-7(2)12(14,15)18-8-3-4-9-10(5-8)16-6-17-11(9)13/h3-7H,1-2H3. The van der Waals surface area contributed by atoms with Crippen molar-refractivity contribution >= 4 is 22.5 Å². The third kappa shape index (κ3) is 2.51. The van der Waals surface area contributed by atoms with Gasteiger partial charge in [0.1, 0.15) is 17.2 Å². The molecule has 1 aromatic heterocycles. The molecule has 0 unspecified atom stereocenters. The Hall–Kier alpha value is -1.49. The molecule has 96 valence electrons. The minimum atomic E-state index is -3.22. The quantitative estimate of drug-likeness (QED) is 0.795. The second kappa shape index (κ2) is 4.65. The Morgan fingerprint density at radius 3 is 2.67 bits per heavy atom. The van der Waals surface area contributed by atoms with Crippen molar-refractivity contribution in [1.82, 2.24) is 9.97 Å². The third-order valence-electron chi connectivity index (χ3n) is 2.49. The number of nitrogens with zero attached hydrogens (tertiary/aromatic N) is 2. The van der Waals surface area contributed by atoms with Crippen LogP contribution in [0.3, 0.4) is 0 Å². The highest BCUT2D eigenvalue weighted by Crippen LogP contribution is 2.30. The van der Waals surface area contributed by atoms with Crippen molar-refractivity contribution < 1.29 is 13.5 Å². The normalized spacial score (nSPS) is 12.1. The molecule has 0 atom stereocenters. The molecule has 0 fully saturated rings. The molecule has 0 saturated carbocycles. The molecule has 0 N–H and O–H groups in total. The fourth-order valence-corrected chi connectivity index (χ4v) is 1.55. The van der Waals surface area contributed by atoms with Crippen LogP contribution >= 0.6 is 11.6 Å². The number of halogens is 3. The van der Waals surface area contributed by atoms with Crippen LogP contribution in [0.2, 0.25) is 5.15 Å². The van der Waals surface area contributed by atoms with E-state index in [1.54, 1.807) is 6.07 Å². The van der Waals surface area contributed by atoms with E-state index >= 15 is 0 Å². The Morgan fingerprint density at radius 1 is 1.28 bits per heavy atom. The van der Waals surface area contributed by atoms with Crippen molar-refractivity contribution in [2.75, 3.05) is 0 Å². The van der Waals surface area contributed by atoms with Crippen LogP contribution in [-0.4, -0.2) is 16.1 Å². The molecule has 2 rings (SSSR count). The number of rotatable bonds is 3. The first-order valence-electron chi connectivity index (χ1n) is 5.37. The van der Waals surface area contributed by atoms with Gasteiger partial charge in [0.25, 0.3) is 0 Å². The molecule has 3 nitrogen and oxygen atoms in total. The summed E-state index contributed by atoms with van der Waals surface area (Å²) < 4.78 is 31.5. The van der Waals surface area contributed by atoms with Crippen molar-refractivity contribution in [2.45, 2.75) is 20.0 Å². The summed E-state index contributed by atoms with van der Waals surface area (Å²) in [6, 6.07) is 4.40. The van der Waals surface area contributed by atoms with E-state index in [0.29, 0.717) is 10.9 Å². The molecule has 1 aromatic carbocycles. The molecule has 0 bridgehead atoms. The summed E-state index contributed by atoms with van der Waals surface area (Å²) in [7, 11) is 0. The molecule has 0 radical (unpaired) electrons. The SMILES string of the molecule is CC(C)C(F)(F)Oc1ccc2c(Cl)ncnc2c1. The summed E-state index contributed by atoms with van der Waals surface area (Å²) in [5.41, 5.74) is 0.465. The second-order valence-electron chi connectivity index (χ2n) is 4.16. The zero-order chi connectivity index (χ0) is 13.3. The fraction of sp³-hybridized carbons (Fsp3) is 0.333. The molecule has 0 spiro atoms. The topological polar surface area (TPSA) is 35.0 Å². The summed E-state index contributed by atoms with van der Waals surface area (Å²) in [5, 5.41) is 0.876. The minimum absolute atomic E-state index is 0.0518. The largest absolute Gasteiger partial charge is 0.432 e. The van der Waals surface area contributed by atoms with Gasteiger partial charge in [-0.15, -0.1) is 0 Å². The van der Waals surface area contributed by atoms with Gasteiger partial charge < -0.3 is 4.74 Å². The maximum Gasteiger partial charge on any atom is 0.400 e. The van der Waals surface area contributed by atoms with E-state index in [4.69, 9.17) is 11.6 Å². The van der Waals surface area contributed by atoms with Crippen molar-refractivity contribution in [3.63, 3.8) is 0 Å². The van der Waals surface area contributed by atoms with Crippen molar-refractivity contribution in [3.05, 3.63) is 29.7 Å². The summed E-state index contributed by atoms with van der Waals surface area (Å²) in [5.74, 6) is -0.863. The van der Waals surface area contributed by atoms with Crippen LogP contribution < -0.4 is 4.74 Å². The summed E-state index contributed by atoms with van der Waals surface area (Å²) >= 11 is 5.85. The van der Waals surface area contributed by atoms with Gasteiger partial charge in [0.15, 0.2) is 0 Å². The minimum Gasteiger partial charge on any atom is -0.432 e. The summed E-state index contributed by atoms with van der Waals surface area (Å²) in [6.45, 7) is 2.78. The molecule has 6 heteroatoms. The highest BCUT2D eigenvalue weighted by atomic mass is 35.5. The number of aromatic nitrogens is 2. The van der Waals surface area contributed by atoms with Crippen LogP contribution in [0, 0.1) is 5.92 Å². The lowest BCUT2D eigenvalue weighted by Gasteiger charge is -2.21. The maximum absolute atomic E-state index is 13.4. The van der Waals surface area contributed by atoms with Crippen molar-refractivity contribution in [3.8, 4) is 5.75 Å². The average Bonchev–Trinajstić information content (AvgIpc) is 2.28. The fourth-order valence-electron chi connectivity index (χ4n) is 1.34. The first-order valence-corrected chi connectivity index (χ1v) is 5.75. The molecule has 0 aliphatic heterocycles. The highest BCUT2D eigenvalue weighted by Gasteiger charge is 2.36. The van der Waals surface area contributed by atoms with Crippen molar-refractivity contribution in [1.29, 1.82) is 0 Å². The number of benzene rings is 1. The lowest BCUT2D eigenvalue weighted by molar-refractivity contribution is -0.207. The second-order valence-corrected chi connectivity index (χ2v) is 4.52. The van der Waals surface area contributed by atoms with Crippen LogP contribution in [0.5, 0.6) is 5.75 Å². The molecule has 2 aromatic rings. The third-order valence-corrected chi connectivity index (χ3v) is 2.79. The van der Waals surface area contributed by atoms with Gasteiger partial charge in [-0.05, 0) is 12.1 Å². The van der Waals surface area contributed by atoms with E-state index in [1.165, 1.54) is 32.3 Å². The van der Waals surface area contributed by atoms with Gasteiger partial charge in [0, 0.05) is 11.5 Å². The van der Waals surface area contributed by atoms with Crippen LogP contribution in [0.15, 0.2) is 24.5 Å². The van der Waals surface area contributed by atoms with Crippen LogP contribution in [0.25, 0.3) is 10.9 Å². The number of hydrogen-bond acceptors (Lipinski definition) is 3. The van der Waals surface area contributed by atoms with Crippen LogP contribution in [0.1, 0.15) is 13.8 Å². The predicted molar refractivity (Wildman–Crippen MR) is 65.0 cm³/mol. The maximum atomic E-state index is 13.4. The molecule has 0 aliphatic carbocycles. The Kier molecular flexibility index (Phi) is 3.34. The van der Waals surface area contributed by atoms with Gasteiger partial charge in [-0.2, -0.15) is 8.78 Å². The van der Waals surface area contributed by atoms with E-state index in [0.717, 1.165) is 0 Å².